The van der Waals surface area contributed by atoms with Crippen molar-refractivity contribution in [2.75, 3.05) is 19.8 Å². The van der Waals surface area contributed by atoms with Crippen LogP contribution in [0.5, 0.6) is 0 Å². The number of amides is 3. The van der Waals surface area contributed by atoms with Crippen molar-refractivity contribution in [3.8, 4) is 0 Å². The first-order chi connectivity index (χ1) is 19.3. The van der Waals surface area contributed by atoms with Crippen LogP contribution in [0, 0.1) is 11.8 Å². The van der Waals surface area contributed by atoms with Gasteiger partial charge >= 0.3 is 13.7 Å². The Hall–Kier alpha value is -2.46. The summed E-state index contributed by atoms with van der Waals surface area (Å²) < 4.78 is 29.5. The summed E-state index contributed by atoms with van der Waals surface area (Å²) in [5.74, 6) is -2.71. The van der Waals surface area contributed by atoms with Gasteiger partial charge in [-0.3, -0.25) is 14.2 Å². The molecule has 1 saturated carbocycles. The van der Waals surface area contributed by atoms with Crippen LogP contribution >= 0.6 is 7.60 Å². The first kappa shape index (κ1) is 32.1. The second-order valence-electron chi connectivity index (χ2n) is 10.4. The molecule has 0 spiro atoms. The Labute approximate surface area is 236 Å². The number of alkyl carbamates (subject to hydrolysis) is 1. The van der Waals surface area contributed by atoms with Gasteiger partial charge in [-0.2, -0.15) is 0 Å². The summed E-state index contributed by atoms with van der Waals surface area (Å²) in [6.07, 6.45) is 5.36. The van der Waals surface area contributed by atoms with Gasteiger partial charge in [0.15, 0.2) is 5.85 Å². The highest BCUT2D eigenvalue weighted by Gasteiger charge is 2.43. The molecule has 1 unspecified atom stereocenters. The zero-order valence-corrected chi connectivity index (χ0v) is 24.4. The molecule has 11 nitrogen and oxygen atoms in total. The summed E-state index contributed by atoms with van der Waals surface area (Å²) in [7, 11) is -4.04. The molecule has 2 fully saturated rings. The first-order valence-electron chi connectivity index (χ1n) is 14.4. The van der Waals surface area contributed by atoms with Gasteiger partial charge in [-0.05, 0) is 44.6 Å². The molecule has 2 aliphatic rings. The van der Waals surface area contributed by atoms with Gasteiger partial charge in [0.05, 0.1) is 19.3 Å². The molecule has 40 heavy (non-hydrogen) atoms. The minimum absolute atomic E-state index is 0.0258. The minimum Gasteiger partial charge on any atom is -0.445 e. The lowest BCUT2D eigenvalue weighted by Gasteiger charge is -2.32. The van der Waals surface area contributed by atoms with Crippen LogP contribution < -0.4 is 16.0 Å². The van der Waals surface area contributed by atoms with Gasteiger partial charge in [0.1, 0.15) is 12.6 Å². The molecule has 3 rings (SSSR count). The van der Waals surface area contributed by atoms with Crippen LogP contribution in [-0.4, -0.2) is 60.7 Å². The predicted octanol–water partition coefficient (Wildman–Crippen LogP) is 3.85. The number of aliphatic hydroxyl groups is 1. The van der Waals surface area contributed by atoms with Crippen molar-refractivity contribution >= 4 is 25.5 Å². The second-order valence-corrected chi connectivity index (χ2v) is 12.5. The Morgan fingerprint density at radius 2 is 1.70 bits per heavy atom. The number of carbonyl (C=O) groups excluding carboxylic acids is 3. The maximum Gasteiger partial charge on any atom is 0.408 e. The van der Waals surface area contributed by atoms with Crippen LogP contribution in [-0.2, 0) is 34.5 Å². The third-order valence-electron chi connectivity index (χ3n) is 7.45. The molecule has 0 radical (unpaired) electrons. The van der Waals surface area contributed by atoms with Crippen LogP contribution in [0.1, 0.15) is 70.8 Å². The molecule has 1 aliphatic heterocycles. The first-order valence-corrected chi connectivity index (χ1v) is 16.0. The number of nitrogens with one attached hydrogen (secondary N) is 3. The Kier molecular flexibility index (Phi) is 12.9. The smallest absolute Gasteiger partial charge is 0.408 e. The van der Waals surface area contributed by atoms with Gasteiger partial charge in [0.2, 0.25) is 11.8 Å². The molecule has 1 heterocycles. The molecule has 3 amide bonds. The van der Waals surface area contributed by atoms with Gasteiger partial charge in [-0.15, -0.1) is 0 Å². The molecule has 0 aromatic heterocycles. The predicted molar refractivity (Wildman–Crippen MR) is 149 cm³/mol. The van der Waals surface area contributed by atoms with E-state index in [-0.39, 0.29) is 38.1 Å². The van der Waals surface area contributed by atoms with Crippen molar-refractivity contribution in [3.05, 3.63) is 35.9 Å². The Morgan fingerprint density at radius 3 is 2.30 bits per heavy atom. The quantitative estimate of drug-likeness (QED) is 0.228. The van der Waals surface area contributed by atoms with E-state index in [0.717, 1.165) is 37.7 Å². The highest BCUT2D eigenvalue weighted by Crippen LogP contribution is 2.53. The Morgan fingerprint density at radius 1 is 1.02 bits per heavy atom. The van der Waals surface area contributed by atoms with E-state index in [1.54, 1.807) is 13.8 Å². The van der Waals surface area contributed by atoms with Gasteiger partial charge in [0, 0.05) is 12.5 Å². The van der Waals surface area contributed by atoms with Crippen molar-refractivity contribution in [1.82, 2.24) is 16.0 Å². The van der Waals surface area contributed by atoms with Crippen LogP contribution in [0.4, 0.5) is 4.79 Å². The van der Waals surface area contributed by atoms with E-state index in [1.165, 1.54) is 0 Å². The Bertz CT molecular complexity index is 995. The molecular formula is C28H44N3O8P. The third kappa shape index (κ3) is 9.58. The summed E-state index contributed by atoms with van der Waals surface area (Å²) in [6.45, 7) is 3.83. The molecule has 4 atom stereocenters. The molecule has 1 aromatic carbocycles. The minimum atomic E-state index is -4.04. The molecular weight excluding hydrogens is 537 g/mol. The van der Waals surface area contributed by atoms with Crippen molar-refractivity contribution < 1.29 is 37.8 Å². The van der Waals surface area contributed by atoms with E-state index in [4.69, 9.17) is 13.8 Å². The molecule has 0 bridgehead atoms. The van der Waals surface area contributed by atoms with Crippen molar-refractivity contribution in [3.63, 3.8) is 0 Å². The number of ether oxygens (including phenoxy) is 1. The lowest BCUT2D eigenvalue weighted by atomic mass is 9.84. The summed E-state index contributed by atoms with van der Waals surface area (Å²) in [4.78, 5) is 38.8. The third-order valence-corrected chi connectivity index (χ3v) is 9.69. The zero-order chi connectivity index (χ0) is 29.0. The van der Waals surface area contributed by atoms with Crippen molar-refractivity contribution in [1.29, 1.82) is 0 Å². The van der Waals surface area contributed by atoms with Gasteiger partial charge in [0.25, 0.3) is 0 Å². The number of aliphatic hydroxyl groups excluding tert-OH is 1. The fraction of sp³-hybridized carbons (Fsp3) is 0.679. The average molecular weight is 582 g/mol. The number of benzene rings is 1. The summed E-state index contributed by atoms with van der Waals surface area (Å²) >= 11 is 0. The molecule has 12 heteroatoms. The van der Waals surface area contributed by atoms with Crippen molar-refractivity contribution in [2.45, 2.75) is 89.7 Å². The number of carbonyl (C=O) groups is 3. The molecule has 1 aromatic rings. The second kappa shape index (κ2) is 16.1. The molecule has 1 aliphatic carbocycles. The largest absolute Gasteiger partial charge is 0.445 e. The average Bonchev–Trinajstić information content (AvgIpc) is 3.36. The van der Waals surface area contributed by atoms with Crippen LogP contribution in [0.2, 0.25) is 0 Å². The highest BCUT2D eigenvalue weighted by molar-refractivity contribution is 7.54. The lowest BCUT2D eigenvalue weighted by molar-refractivity contribution is -0.126. The number of hydrogen-bond donors (Lipinski definition) is 4. The van der Waals surface area contributed by atoms with E-state index in [1.807, 2.05) is 30.3 Å². The van der Waals surface area contributed by atoms with E-state index < -0.39 is 43.4 Å². The number of rotatable bonds is 15. The van der Waals surface area contributed by atoms with Gasteiger partial charge in [-0.25, -0.2) is 4.79 Å². The molecule has 4 N–H and O–H groups in total. The van der Waals surface area contributed by atoms with E-state index in [9.17, 15) is 24.1 Å². The highest BCUT2D eigenvalue weighted by atomic mass is 31.2. The van der Waals surface area contributed by atoms with E-state index >= 15 is 0 Å². The summed E-state index contributed by atoms with van der Waals surface area (Å²) in [6, 6.07) is 7.16. The van der Waals surface area contributed by atoms with E-state index in [0.29, 0.717) is 19.4 Å². The van der Waals surface area contributed by atoms with Crippen LogP contribution in [0.3, 0.4) is 0 Å². The van der Waals surface area contributed by atoms with Crippen LogP contribution in [0.15, 0.2) is 30.3 Å². The number of hydrogen-bond acceptors (Lipinski definition) is 8. The normalized spacial score (nSPS) is 20.3. The van der Waals surface area contributed by atoms with Crippen LogP contribution in [0.25, 0.3) is 0 Å². The summed E-state index contributed by atoms with van der Waals surface area (Å²) in [5, 5.41) is 19.4. The SMILES string of the molecule is CCOP(=O)(OCC)[C@H](O)[C@H](CC1CCNC1=O)NC(=O)[C@H](CC1CCCCC1)NC(=O)OCc1ccccc1. The fourth-order valence-electron chi connectivity index (χ4n) is 5.38. The molecule has 1 saturated heterocycles. The topological polar surface area (TPSA) is 152 Å². The lowest BCUT2D eigenvalue weighted by Crippen LogP contribution is -2.54. The Balaban J connectivity index is 1.77. The fourth-order valence-corrected chi connectivity index (χ4v) is 7.12. The van der Waals surface area contributed by atoms with Gasteiger partial charge < -0.3 is 34.8 Å². The monoisotopic (exact) mass is 581 g/mol. The maximum absolute atomic E-state index is 13.7. The standard InChI is InChI=1S/C28H44N3O8P/c1-3-38-40(36,39-4-2)27(34)24(18-22-15-16-29-25(22)32)30-26(33)23(17-20-11-7-5-8-12-20)31-28(35)37-19-21-13-9-6-10-14-21/h6,9-10,13-14,20,22-24,27,34H,3-5,7-8,11-12,15-19H2,1-2H3,(H,29,32)(H,30,33)(H,31,35)/t22?,23-,24-,27-/m0/s1. The zero-order valence-electron chi connectivity index (χ0n) is 23.5. The summed E-state index contributed by atoms with van der Waals surface area (Å²) in [5.41, 5.74) is 0.812. The molecule has 224 valence electrons. The van der Waals surface area contributed by atoms with E-state index in [2.05, 4.69) is 16.0 Å². The van der Waals surface area contributed by atoms with Gasteiger partial charge in [-0.1, -0.05) is 62.4 Å². The maximum atomic E-state index is 13.7. The van der Waals surface area contributed by atoms with Crippen molar-refractivity contribution in [2.24, 2.45) is 11.8 Å².